The van der Waals surface area contributed by atoms with Crippen molar-refractivity contribution in [2.75, 3.05) is 0 Å². The summed E-state index contributed by atoms with van der Waals surface area (Å²) in [7, 11) is 0. The molecule has 0 spiro atoms. The second-order valence-electron chi connectivity index (χ2n) is 3.59. The molecule has 0 fully saturated rings. The van der Waals surface area contributed by atoms with Gasteiger partial charge < -0.3 is 15.6 Å². The number of nitrogens with two attached hydrogens (primary N) is 1. The molecule has 1 aromatic carbocycles. The molecule has 0 aliphatic carbocycles. The van der Waals surface area contributed by atoms with Crippen molar-refractivity contribution in [3.8, 4) is 0 Å². The van der Waals surface area contributed by atoms with E-state index in [0.29, 0.717) is 6.42 Å². The molecule has 4 heteroatoms. The van der Waals surface area contributed by atoms with Crippen LogP contribution in [-0.2, 0) is 16.1 Å². The van der Waals surface area contributed by atoms with Gasteiger partial charge in [-0.3, -0.25) is 4.79 Å². The molecular formula is C12H17NO3. The molecular weight excluding hydrogens is 206 g/mol. The molecule has 0 aliphatic heterocycles. The van der Waals surface area contributed by atoms with Crippen LogP contribution in [0.5, 0.6) is 0 Å². The van der Waals surface area contributed by atoms with E-state index in [4.69, 9.17) is 10.5 Å². The summed E-state index contributed by atoms with van der Waals surface area (Å²) in [6.07, 6.45) is -0.412. The van der Waals surface area contributed by atoms with E-state index >= 15 is 0 Å². The maximum absolute atomic E-state index is 11.4. The van der Waals surface area contributed by atoms with E-state index in [-0.39, 0.29) is 6.61 Å². The molecule has 0 radical (unpaired) electrons. The van der Waals surface area contributed by atoms with Crippen LogP contribution in [0.15, 0.2) is 30.3 Å². The van der Waals surface area contributed by atoms with Crippen molar-refractivity contribution in [1.82, 2.24) is 0 Å². The molecule has 0 unspecified atom stereocenters. The lowest BCUT2D eigenvalue weighted by molar-refractivity contribution is -0.149. The predicted molar refractivity (Wildman–Crippen MR) is 60.5 cm³/mol. The second kappa shape index (κ2) is 6.25. The van der Waals surface area contributed by atoms with E-state index < -0.39 is 18.1 Å². The third-order valence-electron chi connectivity index (χ3n) is 2.33. The largest absolute Gasteiger partial charge is 0.460 e. The van der Waals surface area contributed by atoms with Crippen molar-refractivity contribution in [3.05, 3.63) is 35.9 Å². The zero-order valence-corrected chi connectivity index (χ0v) is 9.30. The smallest absolute Gasteiger partial charge is 0.325 e. The fourth-order valence-electron chi connectivity index (χ4n) is 1.24. The number of carbonyl (C=O) groups excluding carboxylic acids is 1. The summed E-state index contributed by atoms with van der Waals surface area (Å²) >= 11 is 0. The van der Waals surface area contributed by atoms with Crippen LogP contribution < -0.4 is 5.73 Å². The number of aliphatic hydroxyl groups is 1. The fourth-order valence-corrected chi connectivity index (χ4v) is 1.24. The summed E-state index contributed by atoms with van der Waals surface area (Å²) in [6, 6.07) is 8.37. The molecule has 0 aliphatic rings. The molecule has 0 heterocycles. The predicted octanol–water partition coefficient (Wildman–Crippen LogP) is 0.828. The number of aliphatic hydroxyl groups excluding tert-OH is 1. The van der Waals surface area contributed by atoms with Gasteiger partial charge in [0.1, 0.15) is 12.6 Å². The van der Waals surface area contributed by atoms with Crippen molar-refractivity contribution >= 4 is 5.97 Å². The lowest BCUT2D eigenvalue weighted by Gasteiger charge is -2.15. The molecule has 0 saturated heterocycles. The first kappa shape index (κ1) is 12.7. The van der Waals surface area contributed by atoms with E-state index in [9.17, 15) is 9.90 Å². The Bertz CT molecular complexity index is 326. The first-order valence-corrected chi connectivity index (χ1v) is 5.29. The Labute approximate surface area is 95.0 Å². The van der Waals surface area contributed by atoms with E-state index in [1.165, 1.54) is 0 Å². The van der Waals surface area contributed by atoms with Crippen molar-refractivity contribution in [1.29, 1.82) is 0 Å². The first-order valence-electron chi connectivity index (χ1n) is 5.29. The average molecular weight is 223 g/mol. The summed E-state index contributed by atoms with van der Waals surface area (Å²) in [6.45, 7) is 1.94. The fraction of sp³-hybridized carbons (Fsp3) is 0.417. The SMILES string of the molecule is CC[C@H](O)[C@H](N)C(=O)OCc1ccccc1. The van der Waals surface area contributed by atoms with Crippen molar-refractivity contribution in [2.45, 2.75) is 32.1 Å². The van der Waals surface area contributed by atoms with Gasteiger partial charge in [-0.1, -0.05) is 37.3 Å². The second-order valence-corrected chi connectivity index (χ2v) is 3.59. The minimum atomic E-state index is -0.964. The monoisotopic (exact) mass is 223 g/mol. The van der Waals surface area contributed by atoms with Crippen LogP contribution in [-0.4, -0.2) is 23.2 Å². The van der Waals surface area contributed by atoms with Crippen LogP contribution in [0.2, 0.25) is 0 Å². The molecule has 1 aromatic rings. The topological polar surface area (TPSA) is 72.5 Å². The van der Waals surface area contributed by atoms with Crippen molar-refractivity contribution in [3.63, 3.8) is 0 Å². The van der Waals surface area contributed by atoms with E-state index in [2.05, 4.69) is 0 Å². The molecule has 0 saturated carbocycles. The Morgan fingerprint density at radius 2 is 2.06 bits per heavy atom. The third kappa shape index (κ3) is 3.64. The Hall–Kier alpha value is -1.39. The molecule has 2 atom stereocenters. The highest BCUT2D eigenvalue weighted by molar-refractivity contribution is 5.76. The van der Waals surface area contributed by atoms with Gasteiger partial charge in [-0.05, 0) is 12.0 Å². The van der Waals surface area contributed by atoms with E-state index in [1.54, 1.807) is 6.92 Å². The van der Waals surface area contributed by atoms with E-state index in [0.717, 1.165) is 5.56 Å². The van der Waals surface area contributed by atoms with Crippen molar-refractivity contribution < 1.29 is 14.6 Å². The molecule has 0 aromatic heterocycles. The molecule has 1 rings (SSSR count). The maximum Gasteiger partial charge on any atom is 0.325 e. The van der Waals surface area contributed by atoms with Gasteiger partial charge in [0.15, 0.2) is 0 Å². The number of rotatable bonds is 5. The van der Waals surface area contributed by atoms with Crippen LogP contribution in [0.4, 0.5) is 0 Å². The standard InChI is InChI=1S/C12H17NO3/c1-2-10(14)11(13)12(15)16-8-9-6-4-3-5-7-9/h3-7,10-11,14H,2,8,13H2,1H3/t10-,11-/m0/s1. The normalized spacial score (nSPS) is 14.2. The van der Waals surface area contributed by atoms with Crippen LogP contribution >= 0.6 is 0 Å². The highest BCUT2D eigenvalue weighted by Crippen LogP contribution is 2.03. The highest BCUT2D eigenvalue weighted by Gasteiger charge is 2.22. The van der Waals surface area contributed by atoms with Gasteiger partial charge >= 0.3 is 5.97 Å². The molecule has 3 N–H and O–H groups in total. The summed E-state index contributed by atoms with van der Waals surface area (Å²) in [5.41, 5.74) is 6.41. The summed E-state index contributed by atoms with van der Waals surface area (Å²) in [5, 5.41) is 9.37. The number of hydrogen-bond acceptors (Lipinski definition) is 4. The van der Waals surface area contributed by atoms with Crippen LogP contribution in [0.25, 0.3) is 0 Å². The number of hydrogen-bond donors (Lipinski definition) is 2. The zero-order chi connectivity index (χ0) is 12.0. The van der Waals surface area contributed by atoms with Gasteiger partial charge in [0.05, 0.1) is 6.10 Å². The summed E-state index contributed by atoms with van der Waals surface area (Å²) < 4.78 is 4.99. The Kier molecular flexibility index (Phi) is 4.95. The Balaban J connectivity index is 2.41. The zero-order valence-electron chi connectivity index (χ0n) is 9.30. The van der Waals surface area contributed by atoms with Gasteiger partial charge in [-0.2, -0.15) is 0 Å². The molecule has 88 valence electrons. The maximum atomic E-state index is 11.4. The molecule has 0 amide bonds. The van der Waals surface area contributed by atoms with E-state index in [1.807, 2.05) is 30.3 Å². The number of ether oxygens (including phenoxy) is 1. The Morgan fingerprint density at radius 1 is 1.44 bits per heavy atom. The Morgan fingerprint density at radius 3 is 2.62 bits per heavy atom. The quantitative estimate of drug-likeness (QED) is 0.725. The number of esters is 1. The summed E-state index contributed by atoms with van der Waals surface area (Å²) in [4.78, 5) is 11.4. The first-order chi connectivity index (χ1) is 7.65. The lowest BCUT2D eigenvalue weighted by Crippen LogP contribution is -2.42. The van der Waals surface area contributed by atoms with Gasteiger partial charge in [-0.25, -0.2) is 0 Å². The average Bonchev–Trinajstić information content (AvgIpc) is 2.35. The van der Waals surface area contributed by atoms with Crippen molar-refractivity contribution in [2.24, 2.45) is 5.73 Å². The van der Waals surface area contributed by atoms with Gasteiger partial charge in [0, 0.05) is 0 Å². The number of benzene rings is 1. The van der Waals surface area contributed by atoms with Gasteiger partial charge in [0.25, 0.3) is 0 Å². The van der Waals surface area contributed by atoms with Crippen LogP contribution in [0, 0.1) is 0 Å². The molecule has 16 heavy (non-hydrogen) atoms. The highest BCUT2D eigenvalue weighted by atomic mass is 16.5. The van der Waals surface area contributed by atoms with Gasteiger partial charge in [0.2, 0.25) is 0 Å². The third-order valence-corrected chi connectivity index (χ3v) is 2.33. The van der Waals surface area contributed by atoms with Crippen LogP contribution in [0.1, 0.15) is 18.9 Å². The van der Waals surface area contributed by atoms with Crippen LogP contribution in [0.3, 0.4) is 0 Å². The molecule has 0 bridgehead atoms. The molecule has 4 nitrogen and oxygen atoms in total. The number of carbonyl (C=O) groups is 1. The summed E-state index contributed by atoms with van der Waals surface area (Å²) in [5.74, 6) is -0.571. The lowest BCUT2D eigenvalue weighted by atomic mass is 10.1. The minimum Gasteiger partial charge on any atom is -0.460 e. The van der Waals surface area contributed by atoms with Gasteiger partial charge in [-0.15, -0.1) is 0 Å². The minimum absolute atomic E-state index is 0.184.